The highest BCUT2D eigenvalue weighted by Crippen LogP contribution is 2.64. The molecule has 2 aliphatic carbocycles. The molecule has 10 aromatic carbocycles. The van der Waals surface area contributed by atoms with Gasteiger partial charge in [-0.15, -0.1) is 0 Å². The predicted octanol–water partition coefficient (Wildman–Crippen LogP) is 16.3. The molecule has 1 heteroatoms. The van der Waals surface area contributed by atoms with Gasteiger partial charge in [-0.05, 0) is 170 Å². The molecule has 0 aliphatic heterocycles. The fraction of sp³-hybridized carbons (Fsp3) is 0.0339. The standard InChI is InChI=1S/C59H37N/c1-34-14-13-21-40(30-34)53-49-33-39-20-10-9-19-38(39)32-48(49)51(37-17-7-4-8-18-37)57-45-25-26-46-54-44(24-27-47(55(45)54)59(53)57)56-50(36-15-5-3-6-16-36)42-22-11-12-23-43(42)52(58(46)56)41-28-29-60-35(2)31-41/h3-33H,1-2H3. The smallest absolute Gasteiger partial charge is 0.0378 e. The molecule has 0 saturated heterocycles. The zero-order valence-corrected chi connectivity index (χ0v) is 33.3. The molecule has 0 bridgehead atoms. The molecule has 1 aromatic heterocycles. The van der Waals surface area contributed by atoms with Crippen LogP contribution in [0.1, 0.15) is 11.3 Å². The highest BCUT2D eigenvalue weighted by molar-refractivity contribution is 6.35. The van der Waals surface area contributed by atoms with Crippen molar-refractivity contribution in [1.29, 1.82) is 0 Å². The number of pyridine rings is 1. The largest absolute Gasteiger partial charge is 0.262 e. The SMILES string of the molecule is Cc1cccc(-c2c3c(c(-c4ccccc4)c4cc5ccccc5cc24)-c2ccc4c5c(ccc-3c25)-c2c-4c(-c3ccnc(C)c3)c3ccccc3c2-c2ccccc2)c1. The summed E-state index contributed by atoms with van der Waals surface area (Å²) in [4.78, 5) is 4.65. The highest BCUT2D eigenvalue weighted by atomic mass is 14.6. The van der Waals surface area contributed by atoms with Crippen LogP contribution in [0.15, 0.2) is 188 Å². The predicted molar refractivity (Wildman–Crippen MR) is 254 cm³/mol. The zero-order chi connectivity index (χ0) is 39.6. The Labute approximate surface area is 348 Å². The van der Waals surface area contributed by atoms with Gasteiger partial charge >= 0.3 is 0 Å². The van der Waals surface area contributed by atoms with Crippen LogP contribution in [0, 0.1) is 13.8 Å². The number of aryl methyl sites for hydroxylation is 2. The lowest BCUT2D eigenvalue weighted by atomic mass is 9.81. The van der Waals surface area contributed by atoms with Gasteiger partial charge in [0.2, 0.25) is 0 Å². The van der Waals surface area contributed by atoms with Crippen LogP contribution in [0.5, 0.6) is 0 Å². The third kappa shape index (κ3) is 4.55. The van der Waals surface area contributed by atoms with Crippen molar-refractivity contribution in [3.63, 3.8) is 0 Å². The molecule has 13 rings (SSSR count). The van der Waals surface area contributed by atoms with E-state index in [-0.39, 0.29) is 0 Å². The van der Waals surface area contributed by atoms with Crippen LogP contribution in [0.3, 0.4) is 0 Å². The van der Waals surface area contributed by atoms with Gasteiger partial charge in [0.15, 0.2) is 0 Å². The summed E-state index contributed by atoms with van der Waals surface area (Å²) in [6.07, 6.45) is 1.96. The number of nitrogens with zero attached hydrogens (tertiary/aromatic N) is 1. The van der Waals surface area contributed by atoms with E-state index in [0.29, 0.717) is 0 Å². The molecule has 0 radical (unpaired) electrons. The fourth-order valence-corrected chi connectivity index (χ4v) is 10.9. The van der Waals surface area contributed by atoms with Crippen molar-refractivity contribution in [3.8, 4) is 89.0 Å². The van der Waals surface area contributed by atoms with Gasteiger partial charge in [0.05, 0.1) is 0 Å². The molecule has 2 aliphatic rings. The number of rotatable bonds is 4. The minimum Gasteiger partial charge on any atom is -0.262 e. The Bertz CT molecular complexity index is 3650. The molecule has 278 valence electrons. The third-order valence-corrected chi connectivity index (χ3v) is 13.2. The van der Waals surface area contributed by atoms with Crippen LogP contribution < -0.4 is 0 Å². The molecule has 0 saturated carbocycles. The second-order valence-electron chi connectivity index (χ2n) is 16.6. The maximum absolute atomic E-state index is 4.65. The molecule has 0 unspecified atom stereocenters. The number of hydrogen-bond acceptors (Lipinski definition) is 1. The average Bonchev–Trinajstić information content (AvgIpc) is 3.79. The maximum Gasteiger partial charge on any atom is 0.0378 e. The van der Waals surface area contributed by atoms with Crippen molar-refractivity contribution < 1.29 is 0 Å². The number of benzene rings is 10. The Kier molecular flexibility index (Phi) is 6.92. The first kappa shape index (κ1) is 33.4. The van der Waals surface area contributed by atoms with E-state index in [1.807, 2.05) is 6.20 Å². The highest BCUT2D eigenvalue weighted by Gasteiger charge is 2.37. The Balaban J connectivity index is 1.23. The van der Waals surface area contributed by atoms with Gasteiger partial charge in [-0.2, -0.15) is 0 Å². The lowest BCUT2D eigenvalue weighted by Crippen LogP contribution is -1.95. The van der Waals surface area contributed by atoms with Crippen molar-refractivity contribution in [2.75, 3.05) is 0 Å². The molecule has 60 heavy (non-hydrogen) atoms. The second-order valence-corrected chi connectivity index (χ2v) is 16.6. The summed E-state index contributed by atoms with van der Waals surface area (Å²) in [5.41, 5.74) is 22.9. The molecular formula is C59H37N. The van der Waals surface area contributed by atoms with Crippen molar-refractivity contribution in [2.24, 2.45) is 0 Å². The Morgan fingerprint density at radius 2 is 0.717 bits per heavy atom. The zero-order valence-electron chi connectivity index (χ0n) is 33.3. The number of fused-ring (bicyclic) bond motifs is 9. The van der Waals surface area contributed by atoms with Crippen molar-refractivity contribution in [2.45, 2.75) is 13.8 Å². The molecule has 1 nitrogen and oxygen atoms in total. The van der Waals surface area contributed by atoms with Gasteiger partial charge in [-0.1, -0.05) is 163 Å². The monoisotopic (exact) mass is 759 g/mol. The van der Waals surface area contributed by atoms with Crippen molar-refractivity contribution in [1.82, 2.24) is 4.98 Å². The van der Waals surface area contributed by atoms with E-state index < -0.39 is 0 Å². The Morgan fingerprint density at radius 1 is 0.300 bits per heavy atom. The fourth-order valence-electron chi connectivity index (χ4n) is 10.9. The molecule has 0 atom stereocenters. The van der Waals surface area contributed by atoms with E-state index in [2.05, 4.69) is 201 Å². The van der Waals surface area contributed by atoms with E-state index >= 15 is 0 Å². The van der Waals surface area contributed by atoms with Crippen LogP contribution in [0.4, 0.5) is 0 Å². The van der Waals surface area contributed by atoms with Gasteiger partial charge < -0.3 is 0 Å². The Morgan fingerprint density at radius 3 is 1.22 bits per heavy atom. The van der Waals surface area contributed by atoms with Crippen LogP contribution in [-0.4, -0.2) is 4.98 Å². The van der Waals surface area contributed by atoms with E-state index in [0.717, 1.165) is 5.69 Å². The summed E-state index contributed by atoms with van der Waals surface area (Å²) >= 11 is 0. The van der Waals surface area contributed by atoms with Gasteiger partial charge in [0, 0.05) is 11.9 Å². The van der Waals surface area contributed by atoms with Crippen LogP contribution in [-0.2, 0) is 0 Å². The molecule has 11 aromatic rings. The van der Waals surface area contributed by atoms with E-state index in [1.165, 1.54) is 138 Å². The third-order valence-electron chi connectivity index (χ3n) is 13.2. The normalized spacial score (nSPS) is 12.2. The van der Waals surface area contributed by atoms with Gasteiger partial charge in [-0.25, -0.2) is 0 Å². The summed E-state index contributed by atoms with van der Waals surface area (Å²) in [5.74, 6) is 0. The lowest BCUT2D eigenvalue weighted by molar-refractivity contribution is 1.20. The first-order valence-corrected chi connectivity index (χ1v) is 21.0. The molecule has 1 heterocycles. The molecule has 0 N–H and O–H groups in total. The first-order valence-electron chi connectivity index (χ1n) is 21.0. The van der Waals surface area contributed by atoms with Crippen LogP contribution in [0.2, 0.25) is 0 Å². The van der Waals surface area contributed by atoms with Gasteiger partial charge in [0.1, 0.15) is 0 Å². The molecule has 0 amide bonds. The molecule has 0 spiro atoms. The molecule has 0 fully saturated rings. The lowest BCUT2D eigenvalue weighted by Gasteiger charge is -2.22. The Hall–Kier alpha value is -7.61. The van der Waals surface area contributed by atoms with Crippen molar-refractivity contribution in [3.05, 3.63) is 199 Å². The minimum atomic E-state index is 1.01. The average molecular weight is 760 g/mol. The summed E-state index contributed by atoms with van der Waals surface area (Å²) in [6.45, 7) is 4.31. The van der Waals surface area contributed by atoms with Crippen molar-refractivity contribution >= 4 is 43.1 Å². The minimum absolute atomic E-state index is 1.01. The topological polar surface area (TPSA) is 12.9 Å². The number of hydrogen-bond donors (Lipinski definition) is 0. The summed E-state index contributed by atoms with van der Waals surface area (Å²) in [7, 11) is 0. The summed E-state index contributed by atoms with van der Waals surface area (Å²) in [6, 6.07) is 68.2. The quantitative estimate of drug-likeness (QED) is 0.163. The second kappa shape index (κ2) is 12.4. The first-order chi connectivity index (χ1) is 29.6. The van der Waals surface area contributed by atoms with Crippen LogP contribution in [0.25, 0.3) is 132 Å². The van der Waals surface area contributed by atoms with E-state index in [1.54, 1.807) is 0 Å². The maximum atomic E-state index is 4.65. The van der Waals surface area contributed by atoms with E-state index in [4.69, 9.17) is 0 Å². The van der Waals surface area contributed by atoms with Gasteiger partial charge in [0.25, 0.3) is 0 Å². The van der Waals surface area contributed by atoms with Gasteiger partial charge in [-0.3, -0.25) is 4.98 Å². The molecular weight excluding hydrogens is 723 g/mol. The van der Waals surface area contributed by atoms with E-state index in [9.17, 15) is 0 Å². The summed E-state index contributed by atoms with van der Waals surface area (Å²) in [5, 5.41) is 10.3. The number of aromatic nitrogens is 1. The van der Waals surface area contributed by atoms with Crippen LogP contribution >= 0.6 is 0 Å². The summed E-state index contributed by atoms with van der Waals surface area (Å²) < 4.78 is 0.